The van der Waals surface area contributed by atoms with Crippen LogP contribution < -0.4 is 5.32 Å². The molecule has 1 amide bonds. The van der Waals surface area contributed by atoms with Crippen molar-refractivity contribution in [3.8, 4) is 0 Å². The number of H-pyrrole nitrogens is 1. The molecule has 0 saturated heterocycles. The van der Waals surface area contributed by atoms with Gasteiger partial charge in [-0.1, -0.05) is 19.0 Å². The fourth-order valence-electron chi connectivity index (χ4n) is 1.93. The minimum Gasteiger partial charge on any atom is -0.339 e. The van der Waals surface area contributed by atoms with Crippen molar-refractivity contribution in [1.29, 1.82) is 0 Å². The lowest BCUT2D eigenvalue weighted by Gasteiger charge is -1.99. The van der Waals surface area contributed by atoms with E-state index in [1.807, 2.05) is 13.0 Å². The Morgan fingerprint density at radius 2 is 2.24 bits per heavy atom. The van der Waals surface area contributed by atoms with Crippen molar-refractivity contribution < 1.29 is 9.32 Å². The lowest BCUT2D eigenvalue weighted by molar-refractivity contribution is -0.116. The fraction of sp³-hybridized carbons (Fsp3) is 0.571. The Labute approximate surface area is 123 Å². The van der Waals surface area contributed by atoms with Crippen LogP contribution in [0.4, 0.5) is 5.82 Å². The highest BCUT2D eigenvalue weighted by molar-refractivity contribution is 5.89. The second-order valence-corrected chi connectivity index (χ2v) is 4.89. The van der Waals surface area contributed by atoms with E-state index >= 15 is 0 Å². The van der Waals surface area contributed by atoms with Gasteiger partial charge in [0.05, 0.1) is 0 Å². The van der Waals surface area contributed by atoms with E-state index in [2.05, 4.69) is 32.6 Å². The third kappa shape index (κ3) is 4.70. The molecule has 0 atom stereocenters. The summed E-state index contributed by atoms with van der Waals surface area (Å²) in [4.78, 5) is 16.0. The van der Waals surface area contributed by atoms with Crippen molar-refractivity contribution in [1.82, 2.24) is 20.3 Å². The largest absolute Gasteiger partial charge is 0.339 e. The van der Waals surface area contributed by atoms with Gasteiger partial charge in [-0.2, -0.15) is 10.1 Å². The summed E-state index contributed by atoms with van der Waals surface area (Å²) in [5.74, 6) is 1.84. The molecule has 0 saturated carbocycles. The van der Waals surface area contributed by atoms with Gasteiger partial charge >= 0.3 is 0 Å². The average Bonchev–Trinajstić information content (AvgIpc) is 3.09. The highest BCUT2D eigenvalue weighted by Gasteiger charge is 2.08. The maximum absolute atomic E-state index is 11.8. The van der Waals surface area contributed by atoms with Crippen LogP contribution in [-0.4, -0.2) is 26.2 Å². The fourth-order valence-corrected chi connectivity index (χ4v) is 1.93. The van der Waals surface area contributed by atoms with Gasteiger partial charge in [-0.25, -0.2) is 0 Å². The van der Waals surface area contributed by atoms with Crippen LogP contribution in [0.15, 0.2) is 10.6 Å². The summed E-state index contributed by atoms with van der Waals surface area (Å²) < 4.78 is 5.13. The first-order valence-corrected chi connectivity index (χ1v) is 7.36. The molecule has 0 aliphatic rings. The molecule has 0 fully saturated rings. The van der Waals surface area contributed by atoms with Gasteiger partial charge in [0.2, 0.25) is 11.8 Å². The Bertz CT molecular complexity index is 575. The van der Waals surface area contributed by atoms with Crippen LogP contribution in [-0.2, 0) is 24.1 Å². The van der Waals surface area contributed by atoms with Crippen LogP contribution in [0.25, 0.3) is 0 Å². The zero-order valence-electron chi connectivity index (χ0n) is 12.5. The zero-order chi connectivity index (χ0) is 15.1. The number of hydrogen-bond acceptors (Lipinski definition) is 5. The number of nitrogens with zero attached hydrogens (tertiary/aromatic N) is 3. The van der Waals surface area contributed by atoms with Crippen molar-refractivity contribution in [3.63, 3.8) is 0 Å². The third-order valence-corrected chi connectivity index (χ3v) is 3.06. The number of nitrogens with one attached hydrogen (secondary N) is 2. The molecule has 0 radical (unpaired) electrons. The van der Waals surface area contributed by atoms with Gasteiger partial charge in [0.15, 0.2) is 11.6 Å². The first-order valence-electron chi connectivity index (χ1n) is 7.36. The maximum atomic E-state index is 11.8. The van der Waals surface area contributed by atoms with Gasteiger partial charge in [0.1, 0.15) is 0 Å². The molecule has 0 unspecified atom stereocenters. The Hall–Kier alpha value is -2.18. The number of amides is 1. The molecule has 0 bridgehead atoms. The molecule has 0 aromatic carbocycles. The summed E-state index contributed by atoms with van der Waals surface area (Å²) in [5.41, 5.74) is 1.000. The Kier molecular flexibility index (Phi) is 5.48. The summed E-state index contributed by atoms with van der Waals surface area (Å²) >= 11 is 0. The van der Waals surface area contributed by atoms with Gasteiger partial charge < -0.3 is 9.84 Å². The van der Waals surface area contributed by atoms with Crippen molar-refractivity contribution in [3.05, 3.63) is 23.5 Å². The minimum atomic E-state index is -0.0579. The lowest BCUT2D eigenvalue weighted by Crippen LogP contribution is -2.11. The van der Waals surface area contributed by atoms with E-state index in [1.54, 1.807) is 0 Å². The second kappa shape index (κ2) is 7.56. The minimum absolute atomic E-state index is 0.0579. The van der Waals surface area contributed by atoms with Crippen LogP contribution in [0.1, 0.15) is 50.5 Å². The number of aromatic amines is 1. The predicted octanol–water partition coefficient (Wildman–Crippen LogP) is 2.27. The molecule has 7 nitrogen and oxygen atoms in total. The Morgan fingerprint density at radius 1 is 1.38 bits per heavy atom. The molecule has 2 rings (SSSR count). The molecule has 2 aromatic rings. The van der Waals surface area contributed by atoms with E-state index in [0.29, 0.717) is 31.0 Å². The van der Waals surface area contributed by atoms with Crippen LogP contribution in [0.2, 0.25) is 0 Å². The van der Waals surface area contributed by atoms with Gasteiger partial charge in [-0.05, 0) is 19.3 Å². The number of hydrogen-bond donors (Lipinski definition) is 2. The highest BCUT2D eigenvalue weighted by Crippen LogP contribution is 2.08. The smallest absolute Gasteiger partial charge is 0.226 e. The van der Waals surface area contributed by atoms with Gasteiger partial charge in [0.25, 0.3) is 0 Å². The third-order valence-electron chi connectivity index (χ3n) is 3.06. The second-order valence-electron chi connectivity index (χ2n) is 4.89. The van der Waals surface area contributed by atoms with Crippen molar-refractivity contribution in [2.24, 2.45) is 0 Å². The molecular formula is C14H21N5O2. The van der Waals surface area contributed by atoms with E-state index in [-0.39, 0.29) is 5.91 Å². The summed E-state index contributed by atoms with van der Waals surface area (Å²) in [6, 6.07) is 1.84. The summed E-state index contributed by atoms with van der Waals surface area (Å²) in [6.45, 7) is 4.09. The number of aromatic nitrogens is 4. The monoisotopic (exact) mass is 291 g/mol. The van der Waals surface area contributed by atoms with Crippen LogP contribution in [0.5, 0.6) is 0 Å². The Balaban J connectivity index is 1.71. The molecular weight excluding hydrogens is 270 g/mol. The molecule has 2 aromatic heterocycles. The molecule has 0 aliphatic heterocycles. The van der Waals surface area contributed by atoms with Crippen LogP contribution in [0, 0.1) is 0 Å². The zero-order valence-corrected chi connectivity index (χ0v) is 12.5. The van der Waals surface area contributed by atoms with E-state index in [9.17, 15) is 4.79 Å². The van der Waals surface area contributed by atoms with Crippen molar-refractivity contribution in [2.45, 2.75) is 52.4 Å². The number of anilines is 1. The summed E-state index contributed by atoms with van der Waals surface area (Å²) in [7, 11) is 0. The number of carbonyl (C=O) groups is 1. The normalized spacial score (nSPS) is 10.8. The number of aryl methyl sites for hydroxylation is 3. The van der Waals surface area contributed by atoms with Gasteiger partial charge in [0, 0.05) is 31.0 Å². The standard InChI is InChI=1S/C14H21N5O2/c1-3-6-11-16-14(21-19-11)8-5-7-13(20)15-12-9-10(4-2)17-18-12/h9H,3-8H2,1-2H3,(H2,15,17,18,20). The van der Waals surface area contributed by atoms with Crippen molar-refractivity contribution >= 4 is 11.7 Å². The van der Waals surface area contributed by atoms with Crippen LogP contribution >= 0.6 is 0 Å². The number of rotatable bonds is 8. The average molecular weight is 291 g/mol. The Morgan fingerprint density at radius 3 is 2.95 bits per heavy atom. The lowest BCUT2D eigenvalue weighted by atomic mass is 10.2. The maximum Gasteiger partial charge on any atom is 0.226 e. The quantitative estimate of drug-likeness (QED) is 0.777. The highest BCUT2D eigenvalue weighted by atomic mass is 16.5. The molecule has 21 heavy (non-hydrogen) atoms. The number of carbonyl (C=O) groups excluding carboxylic acids is 1. The van der Waals surface area contributed by atoms with E-state index in [1.165, 1.54) is 0 Å². The molecule has 0 spiro atoms. The molecule has 2 heterocycles. The first-order chi connectivity index (χ1) is 10.2. The summed E-state index contributed by atoms with van der Waals surface area (Å²) in [6.07, 6.45) is 4.36. The predicted molar refractivity (Wildman–Crippen MR) is 77.8 cm³/mol. The molecule has 0 aliphatic carbocycles. The molecule has 2 N–H and O–H groups in total. The van der Waals surface area contributed by atoms with E-state index in [4.69, 9.17) is 4.52 Å². The first kappa shape index (κ1) is 15.2. The topological polar surface area (TPSA) is 96.7 Å². The van der Waals surface area contributed by atoms with Crippen LogP contribution in [0.3, 0.4) is 0 Å². The summed E-state index contributed by atoms with van der Waals surface area (Å²) in [5, 5.41) is 13.5. The van der Waals surface area contributed by atoms with E-state index < -0.39 is 0 Å². The molecule has 7 heteroatoms. The van der Waals surface area contributed by atoms with E-state index in [0.717, 1.165) is 30.8 Å². The van der Waals surface area contributed by atoms with Crippen molar-refractivity contribution in [2.75, 3.05) is 5.32 Å². The SMILES string of the molecule is CCCc1noc(CCCC(=O)Nc2cc(CC)[nH]n2)n1. The van der Waals surface area contributed by atoms with Gasteiger partial charge in [-0.15, -0.1) is 0 Å². The molecule has 114 valence electrons. The van der Waals surface area contributed by atoms with Gasteiger partial charge in [-0.3, -0.25) is 9.89 Å².